The standard InChI is InChI=1S/C13H10ClN3O4/c14-12-10(13(18)19)11(7-1-2-7)15-16(12)8-3-5-9(6-4-8)17(20)21/h3-7H,1-2H2,(H,18,19). The smallest absolute Gasteiger partial charge is 0.340 e. The minimum absolute atomic E-state index is 0.0116. The predicted octanol–water partition coefficient (Wildman–Crippen LogP) is 3.01. The second-order valence-corrected chi connectivity index (χ2v) is 5.17. The Morgan fingerprint density at radius 3 is 2.48 bits per heavy atom. The summed E-state index contributed by atoms with van der Waals surface area (Å²) in [4.78, 5) is 21.5. The largest absolute Gasteiger partial charge is 0.478 e. The highest BCUT2D eigenvalue weighted by Gasteiger charge is 2.34. The molecule has 0 saturated heterocycles. The Bertz CT molecular complexity index is 735. The molecule has 1 aromatic carbocycles. The molecule has 7 nitrogen and oxygen atoms in total. The first-order valence-electron chi connectivity index (χ1n) is 6.25. The van der Waals surface area contributed by atoms with E-state index in [0.29, 0.717) is 11.4 Å². The molecule has 1 fully saturated rings. The molecule has 1 saturated carbocycles. The van der Waals surface area contributed by atoms with E-state index in [2.05, 4.69) is 5.10 Å². The molecular formula is C13H10ClN3O4. The maximum Gasteiger partial charge on any atom is 0.340 e. The van der Waals surface area contributed by atoms with Gasteiger partial charge in [-0.05, 0) is 25.0 Å². The summed E-state index contributed by atoms with van der Waals surface area (Å²) in [6, 6.07) is 5.62. The van der Waals surface area contributed by atoms with Gasteiger partial charge in [-0.1, -0.05) is 11.6 Å². The van der Waals surface area contributed by atoms with Crippen LogP contribution in [0.4, 0.5) is 5.69 Å². The van der Waals surface area contributed by atoms with Crippen LogP contribution in [0.25, 0.3) is 5.69 Å². The van der Waals surface area contributed by atoms with Gasteiger partial charge < -0.3 is 5.11 Å². The number of nitrogens with zero attached hydrogens (tertiary/aromatic N) is 3. The number of aromatic carboxylic acids is 1. The molecule has 0 bridgehead atoms. The molecule has 3 rings (SSSR count). The van der Waals surface area contributed by atoms with Gasteiger partial charge in [-0.2, -0.15) is 5.10 Å². The van der Waals surface area contributed by atoms with Crippen molar-refractivity contribution < 1.29 is 14.8 Å². The van der Waals surface area contributed by atoms with Crippen LogP contribution in [-0.2, 0) is 0 Å². The predicted molar refractivity (Wildman–Crippen MR) is 74.2 cm³/mol. The van der Waals surface area contributed by atoms with Crippen molar-refractivity contribution in [2.45, 2.75) is 18.8 Å². The second-order valence-electron chi connectivity index (χ2n) is 4.82. The van der Waals surface area contributed by atoms with E-state index in [-0.39, 0.29) is 22.3 Å². The second kappa shape index (κ2) is 4.85. The first-order chi connectivity index (χ1) is 9.99. The summed E-state index contributed by atoms with van der Waals surface area (Å²) < 4.78 is 1.31. The van der Waals surface area contributed by atoms with Gasteiger partial charge in [0.05, 0.1) is 16.3 Å². The lowest BCUT2D eigenvalue weighted by Crippen LogP contribution is -2.00. The van der Waals surface area contributed by atoms with E-state index < -0.39 is 10.9 Å². The number of hydrogen-bond donors (Lipinski definition) is 1. The van der Waals surface area contributed by atoms with Crippen LogP contribution in [0.15, 0.2) is 24.3 Å². The fourth-order valence-electron chi connectivity index (χ4n) is 2.14. The summed E-state index contributed by atoms with van der Waals surface area (Å²) >= 11 is 6.12. The van der Waals surface area contributed by atoms with Crippen LogP contribution in [-0.4, -0.2) is 25.8 Å². The van der Waals surface area contributed by atoms with Crippen molar-refractivity contribution >= 4 is 23.3 Å². The van der Waals surface area contributed by atoms with Gasteiger partial charge in [0.2, 0.25) is 0 Å². The number of halogens is 1. The Hall–Kier alpha value is -2.41. The van der Waals surface area contributed by atoms with E-state index in [1.54, 1.807) is 0 Å². The topological polar surface area (TPSA) is 98.3 Å². The summed E-state index contributed by atoms with van der Waals surface area (Å²) in [5.74, 6) is -0.983. The zero-order valence-electron chi connectivity index (χ0n) is 10.7. The van der Waals surface area contributed by atoms with Crippen molar-refractivity contribution in [1.82, 2.24) is 9.78 Å². The summed E-state index contributed by atoms with van der Waals surface area (Å²) in [7, 11) is 0. The number of nitro groups is 1. The number of aromatic nitrogens is 2. The molecule has 108 valence electrons. The van der Waals surface area contributed by atoms with E-state index in [4.69, 9.17) is 11.6 Å². The Labute approximate surface area is 123 Å². The average Bonchev–Trinajstić information content (AvgIpc) is 3.22. The minimum Gasteiger partial charge on any atom is -0.478 e. The molecule has 0 aliphatic heterocycles. The number of hydrogen-bond acceptors (Lipinski definition) is 4. The van der Waals surface area contributed by atoms with Crippen LogP contribution >= 0.6 is 11.6 Å². The molecule has 21 heavy (non-hydrogen) atoms. The van der Waals surface area contributed by atoms with Crippen LogP contribution in [0.3, 0.4) is 0 Å². The molecule has 1 heterocycles. The number of benzene rings is 1. The molecule has 0 spiro atoms. The Morgan fingerprint density at radius 1 is 1.38 bits per heavy atom. The molecule has 1 N–H and O–H groups in total. The van der Waals surface area contributed by atoms with Gasteiger partial charge in [0, 0.05) is 18.1 Å². The molecule has 0 unspecified atom stereocenters. The van der Waals surface area contributed by atoms with Crippen molar-refractivity contribution in [3.8, 4) is 5.69 Å². The molecule has 2 aromatic rings. The third-order valence-corrected chi connectivity index (χ3v) is 3.69. The van der Waals surface area contributed by atoms with Crippen LogP contribution in [0.5, 0.6) is 0 Å². The number of carboxylic acid groups (broad SMARTS) is 1. The minimum atomic E-state index is -1.12. The Balaban J connectivity index is 2.08. The first-order valence-corrected chi connectivity index (χ1v) is 6.63. The Morgan fingerprint density at radius 2 is 2.00 bits per heavy atom. The van der Waals surface area contributed by atoms with E-state index in [1.165, 1.54) is 28.9 Å². The van der Waals surface area contributed by atoms with E-state index in [1.807, 2.05) is 0 Å². The van der Waals surface area contributed by atoms with Gasteiger partial charge in [-0.15, -0.1) is 0 Å². The molecule has 1 aliphatic carbocycles. The summed E-state index contributed by atoms with van der Waals surface area (Å²) in [5, 5.41) is 24.2. The van der Waals surface area contributed by atoms with Gasteiger partial charge in [-0.25, -0.2) is 9.48 Å². The van der Waals surface area contributed by atoms with Crippen LogP contribution < -0.4 is 0 Å². The highest BCUT2D eigenvalue weighted by atomic mass is 35.5. The zero-order chi connectivity index (χ0) is 15.1. The highest BCUT2D eigenvalue weighted by molar-refractivity contribution is 6.33. The molecule has 8 heteroatoms. The number of carbonyl (C=O) groups is 1. The van der Waals surface area contributed by atoms with Gasteiger partial charge >= 0.3 is 5.97 Å². The maximum absolute atomic E-state index is 11.3. The molecule has 0 radical (unpaired) electrons. The summed E-state index contributed by atoms with van der Waals surface area (Å²) in [5.41, 5.74) is 0.922. The number of rotatable bonds is 4. The first kappa shape index (κ1) is 13.6. The van der Waals surface area contributed by atoms with Crippen molar-refractivity contribution in [3.05, 3.63) is 50.8 Å². The normalized spacial score (nSPS) is 14.1. The third-order valence-electron chi connectivity index (χ3n) is 3.34. The van der Waals surface area contributed by atoms with Gasteiger partial charge in [0.25, 0.3) is 5.69 Å². The Kier molecular flexibility index (Phi) is 3.13. The van der Waals surface area contributed by atoms with E-state index in [0.717, 1.165) is 12.8 Å². The zero-order valence-corrected chi connectivity index (χ0v) is 11.4. The lowest BCUT2D eigenvalue weighted by molar-refractivity contribution is -0.384. The van der Waals surface area contributed by atoms with E-state index in [9.17, 15) is 20.0 Å². The number of non-ortho nitro benzene ring substituents is 1. The molecule has 1 aliphatic rings. The van der Waals surface area contributed by atoms with Crippen molar-refractivity contribution in [2.24, 2.45) is 0 Å². The van der Waals surface area contributed by atoms with E-state index >= 15 is 0 Å². The quantitative estimate of drug-likeness (QED) is 0.691. The molecule has 1 aromatic heterocycles. The van der Waals surface area contributed by atoms with Gasteiger partial charge in [-0.3, -0.25) is 10.1 Å². The SMILES string of the molecule is O=C(O)c1c(C2CC2)nn(-c2ccc([N+](=O)[O-])cc2)c1Cl. The van der Waals surface area contributed by atoms with Crippen molar-refractivity contribution in [2.75, 3.05) is 0 Å². The summed E-state index contributed by atoms with van der Waals surface area (Å²) in [6.07, 6.45) is 1.79. The van der Waals surface area contributed by atoms with Gasteiger partial charge in [0.1, 0.15) is 10.7 Å². The average molecular weight is 308 g/mol. The van der Waals surface area contributed by atoms with Crippen LogP contribution in [0.1, 0.15) is 34.8 Å². The van der Waals surface area contributed by atoms with Crippen molar-refractivity contribution in [3.63, 3.8) is 0 Å². The highest BCUT2D eigenvalue weighted by Crippen LogP contribution is 2.43. The molecule has 0 amide bonds. The monoisotopic (exact) mass is 307 g/mol. The lowest BCUT2D eigenvalue weighted by Gasteiger charge is -2.02. The number of carboxylic acids is 1. The van der Waals surface area contributed by atoms with Gasteiger partial charge in [0.15, 0.2) is 0 Å². The van der Waals surface area contributed by atoms with Crippen LogP contribution in [0.2, 0.25) is 5.15 Å². The fourth-order valence-corrected chi connectivity index (χ4v) is 2.45. The maximum atomic E-state index is 11.3. The summed E-state index contributed by atoms with van der Waals surface area (Å²) in [6.45, 7) is 0. The lowest BCUT2D eigenvalue weighted by atomic mass is 10.2. The third kappa shape index (κ3) is 2.36. The molecular weight excluding hydrogens is 298 g/mol. The van der Waals surface area contributed by atoms with Crippen LogP contribution in [0, 0.1) is 10.1 Å². The van der Waals surface area contributed by atoms with Crippen molar-refractivity contribution in [1.29, 1.82) is 0 Å². The number of nitro benzene ring substituents is 1. The molecule has 0 atom stereocenters. The fraction of sp³-hybridized carbons (Fsp3) is 0.231.